The molecule has 3 aromatic rings. The third-order valence-electron chi connectivity index (χ3n) is 6.75. The molecular weight excluding hydrogens is 442 g/mol. The predicted molar refractivity (Wildman–Crippen MR) is 139 cm³/mol. The molecule has 0 spiro atoms. The van der Waals surface area contributed by atoms with Gasteiger partial charge in [-0.3, -0.25) is 9.79 Å². The number of hydrogen-bond acceptors (Lipinski definition) is 5. The molecule has 0 saturated heterocycles. The summed E-state index contributed by atoms with van der Waals surface area (Å²) in [6.45, 7) is 1.19. The fraction of sp³-hybridized carbons (Fsp3) is 0.393. The molecule has 1 atom stereocenters. The molecule has 0 bridgehead atoms. The van der Waals surface area contributed by atoms with E-state index >= 15 is 0 Å². The smallest absolute Gasteiger partial charge is 0.233 e. The van der Waals surface area contributed by atoms with Crippen LogP contribution in [-0.4, -0.2) is 28.4 Å². The first kappa shape index (κ1) is 22.9. The van der Waals surface area contributed by atoms with E-state index in [1.807, 2.05) is 36.4 Å². The SMILES string of the molecule is O=C(NC1=NCCS1)C(c1ccc(OCc2ccc3ccccc3n2)cc1)C1CCCCCC1. The van der Waals surface area contributed by atoms with E-state index in [0.717, 1.165) is 58.2 Å². The fourth-order valence-corrected chi connectivity index (χ4v) is 5.72. The second-order valence-corrected chi connectivity index (χ2v) is 10.2. The normalized spacial score (nSPS) is 17.7. The molecule has 1 aliphatic heterocycles. The van der Waals surface area contributed by atoms with E-state index in [1.165, 1.54) is 25.7 Å². The Morgan fingerprint density at radius 1 is 1.00 bits per heavy atom. The van der Waals surface area contributed by atoms with Gasteiger partial charge in [-0.15, -0.1) is 0 Å². The Kier molecular flexibility index (Phi) is 7.44. The Morgan fingerprint density at radius 3 is 2.56 bits per heavy atom. The predicted octanol–water partition coefficient (Wildman–Crippen LogP) is 6.09. The van der Waals surface area contributed by atoms with Crippen molar-refractivity contribution >= 4 is 33.7 Å². The molecule has 1 amide bonds. The lowest BCUT2D eigenvalue weighted by Gasteiger charge is -2.26. The zero-order chi connectivity index (χ0) is 23.2. The van der Waals surface area contributed by atoms with Gasteiger partial charge in [0.15, 0.2) is 5.17 Å². The van der Waals surface area contributed by atoms with Crippen LogP contribution in [0.1, 0.15) is 55.7 Å². The lowest BCUT2D eigenvalue weighted by Crippen LogP contribution is -2.36. The van der Waals surface area contributed by atoms with Gasteiger partial charge < -0.3 is 10.1 Å². The second kappa shape index (κ2) is 11.0. The van der Waals surface area contributed by atoms with Crippen LogP contribution in [-0.2, 0) is 11.4 Å². The van der Waals surface area contributed by atoms with Crippen LogP contribution in [0.15, 0.2) is 65.7 Å². The van der Waals surface area contributed by atoms with E-state index in [1.54, 1.807) is 11.8 Å². The number of benzene rings is 2. The Bertz CT molecular complexity index is 1150. The topological polar surface area (TPSA) is 63.6 Å². The highest BCUT2D eigenvalue weighted by Crippen LogP contribution is 2.36. The fourth-order valence-electron chi connectivity index (χ4n) is 4.99. The summed E-state index contributed by atoms with van der Waals surface area (Å²) < 4.78 is 6.02. The molecule has 2 aromatic carbocycles. The highest BCUT2D eigenvalue weighted by molar-refractivity contribution is 8.14. The molecule has 1 N–H and O–H groups in total. The van der Waals surface area contributed by atoms with Gasteiger partial charge in [0, 0.05) is 11.1 Å². The summed E-state index contributed by atoms with van der Waals surface area (Å²) in [6, 6.07) is 20.3. The molecule has 1 aliphatic carbocycles. The van der Waals surface area contributed by atoms with E-state index in [0.29, 0.717) is 12.5 Å². The summed E-state index contributed by atoms with van der Waals surface area (Å²) in [5, 5.41) is 5.00. The van der Waals surface area contributed by atoms with Crippen LogP contribution in [0.2, 0.25) is 0 Å². The Hall–Kier alpha value is -2.86. The minimum Gasteiger partial charge on any atom is -0.487 e. The number of aromatic nitrogens is 1. The average Bonchev–Trinajstić information content (AvgIpc) is 3.24. The maximum Gasteiger partial charge on any atom is 0.233 e. The molecule has 1 unspecified atom stereocenters. The van der Waals surface area contributed by atoms with Crippen LogP contribution in [0, 0.1) is 5.92 Å². The maximum absolute atomic E-state index is 13.4. The third-order valence-corrected chi connectivity index (χ3v) is 7.64. The van der Waals surface area contributed by atoms with Crippen molar-refractivity contribution in [3.05, 3.63) is 71.9 Å². The van der Waals surface area contributed by atoms with Crippen molar-refractivity contribution in [2.75, 3.05) is 12.3 Å². The number of pyridine rings is 1. The summed E-state index contributed by atoms with van der Waals surface area (Å²) in [5.41, 5.74) is 2.93. The molecule has 5 rings (SSSR count). The zero-order valence-corrected chi connectivity index (χ0v) is 20.2. The standard InChI is InChI=1S/C28H31N3O2S/c32-27(31-28-29-17-18-34-28)26(21-8-3-1-2-4-9-21)22-12-15-24(16-13-22)33-19-23-14-11-20-7-5-6-10-25(20)30-23/h5-7,10-16,21,26H,1-4,8-9,17-19H2,(H,29,31,32). The number of hydrogen-bond donors (Lipinski definition) is 1. The van der Waals surface area contributed by atoms with E-state index in [9.17, 15) is 4.79 Å². The number of ether oxygens (including phenoxy) is 1. The first-order valence-corrected chi connectivity index (χ1v) is 13.3. The van der Waals surface area contributed by atoms with Crippen molar-refractivity contribution in [3.8, 4) is 5.75 Å². The number of amidine groups is 1. The van der Waals surface area contributed by atoms with Gasteiger partial charge in [0.05, 0.1) is 23.7 Å². The van der Waals surface area contributed by atoms with Crippen molar-refractivity contribution < 1.29 is 9.53 Å². The van der Waals surface area contributed by atoms with E-state index in [4.69, 9.17) is 4.74 Å². The zero-order valence-electron chi connectivity index (χ0n) is 19.4. The summed E-state index contributed by atoms with van der Waals surface area (Å²) >= 11 is 1.63. The van der Waals surface area contributed by atoms with Crippen LogP contribution in [0.3, 0.4) is 0 Å². The molecule has 2 heterocycles. The minimum absolute atomic E-state index is 0.0779. The lowest BCUT2D eigenvalue weighted by atomic mass is 9.80. The molecular formula is C28H31N3O2S. The van der Waals surface area contributed by atoms with Crippen molar-refractivity contribution in [1.82, 2.24) is 10.3 Å². The second-order valence-electron chi connectivity index (χ2n) is 9.11. The number of carbonyl (C=O) groups is 1. The summed E-state index contributed by atoms with van der Waals surface area (Å²) in [5.74, 6) is 2.02. The van der Waals surface area contributed by atoms with Crippen molar-refractivity contribution in [2.24, 2.45) is 10.9 Å². The highest BCUT2D eigenvalue weighted by atomic mass is 32.2. The Balaban J connectivity index is 1.29. The molecule has 6 heteroatoms. The summed E-state index contributed by atoms with van der Waals surface area (Å²) in [6.07, 6.45) is 7.13. The number of rotatable bonds is 6. The van der Waals surface area contributed by atoms with Gasteiger partial charge in [-0.25, -0.2) is 4.98 Å². The van der Waals surface area contributed by atoms with E-state index < -0.39 is 0 Å². The molecule has 2 aliphatic rings. The van der Waals surface area contributed by atoms with Crippen LogP contribution >= 0.6 is 11.8 Å². The van der Waals surface area contributed by atoms with Gasteiger partial charge >= 0.3 is 0 Å². The van der Waals surface area contributed by atoms with Gasteiger partial charge in [0.1, 0.15) is 12.4 Å². The minimum atomic E-state index is -0.154. The lowest BCUT2D eigenvalue weighted by molar-refractivity contribution is -0.122. The Labute approximate surface area is 205 Å². The first-order chi connectivity index (χ1) is 16.8. The molecule has 1 aromatic heterocycles. The Morgan fingerprint density at radius 2 is 1.79 bits per heavy atom. The van der Waals surface area contributed by atoms with Crippen molar-refractivity contribution in [3.63, 3.8) is 0 Å². The van der Waals surface area contributed by atoms with Crippen molar-refractivity contribution in [1.29, 1.82) is 0 Å². The first-order valence-electron chi connectivity index (χ1n) is 12.3. The van der Waals surface area contributed by atoms with Crippen LogP contribution in [0.5, 0.6) is 5.75 Å². The van der Waals surface area contributed by atoms with Crippen LogP contribution in [0.4, 0.5) is 0 Å². The molecule has 34 heavy (non-hydrogen) atoms. The van der Waals surface area contributed by atoms with Gasteiger partial charge in [-0.2, -0.15) is 0 Å². The summed E-state index contributed by atoms with van der Waals surface area (Å²) in [4.78, 5) is 22.5. The number of aliphatic imine (C=N–C) groups is 1. The summed E-state index contributed by atoms with van der Waals surface area (Å²) in [7, 11) is 0. The monoisotopic (exact) mass is 473 g/mol. The quantitative estimate of drug-likeness (QED) is 0.440. The van der Waals surface area contributed by atoms with Gasteiger partial charge in [-0.1, -0.05) is 73.8 Å². The number of fused-ring (bicyclic) bond motifs is 1. The van der Waals surface area contributed by atoms with E-state index in [-0.39, 0.29) is 11.8 Å². The van der Waals surface area contributed by atoms with Gasteiger partial charge in [0.25, 0.3) is 0 Å². The number of para-hydroxylation sites is 1. The molecule has 1 fully saturated rings. The van der Waals surface area contributed by atoms with Crippen LogP contribution in [0.25, 0.3) is 10.9 Å². The average molecular weight is 474 g/mol. The number of amides is 1. The largest absolute Gasteiger partial charge is 0.487 e. The number of thioether (sulfide) groups is 1. The van der Waals surface area contributed by atoms with Crippen molar-refractivity contribution in [2.45, 2.75) is 51.0 Å². The highest BCUT2D eigenvalue weighted by Gasteiger charge is 2.31. The molecule has 5 nitrogen and oxygen atoms in total. The number of nitrogens with zero attached hydrogens (tertiary/aromatic N) is 2. The third kappa shape index (κ3) is 5.61. The molecule has 1 saturated carbocycles. The van der Waals surface area contributed by atoms with Crippen LogP contribution < -0.4 is 10.1 Å². The van der Waals surface area contributed by atoms with Gasteiger partial charge in [0.2, 0.25) is 5.91 Å². The van der Waals surface area contributed by atoms with E-state index in [2.05, 4.69) is 39.6 Å². The number of carbonyl (C=O) groups excluding carboxylic acids is 1. The molecule has 0 radical (unpaired) electrons. The maximum atomic E-state index is 13.4. The molecule has 176 valence electrons. The van der Waals surface area contributed by atoms with Gasteiger partial charge in [-0.05, 0) is 48.6 Å². The number of nitrogens with one attached hydrogen (secondary N) is 1.